The zero-order chi connectivity index (χ0) is 13.2. The summed E-state index contributed by atoms with van der Waals surface area (Å²) in [6.07, 6.45) is 3.19. The van der Waals surface area contributed by atoms with Gasteiger partial charge in [-0.15, -0.1) is 11.3 Å². The molecule has 98 valence electrons. The lowest BCUT2D eigenvalue weighted by atomic mass is 9.90. The summed E-state index contributed by atoms with van der Waals surface area (Å²) in [5.74, 6) is 0.858. The van der Waals surface area contributed by atoms with E-state index in [4.69, 9.17) is 11.6 Å². The van der Waals surface area contributed by atoms with Gasteiger partial charge in [-0.3, -0.25) is 0 Å². The minimum Gasteiger partial charge on any atom is -0.364 e. The molecule has 0 atom stereocenters. The number of hydrogen-bond donors (Lipinski definition) is 1. The van der Waals surface area contributed by atoms with Gasteiger partial charge in [0, 0.05) is 5.54 Å². The summed E-state index contributed by atoms with van der Waals surface area (Å²) in [6, 6.07) is 2.05. The quantitative estimate of drug-likeness (QED) is 0.807. The summed E-state index contributed by atoms with van der Waals surface area (Å²) < 4.78 is 0. The molecular formula is C13H18ClN3S. The Labute approximate surface area is 117 Å². The molecule has 0 saturated heterocycles. The van der Waals surface area contributed by atoms with Crippen molar-refractivity contribution in [2.75, 3.05) is 5.32 Å². The number of anilines is 1. The van der Waals surface area contributed by atoms with Crippen LogP contribution < -0.4 is 5.32 Å². The number of aromatic nitrogens is 2. The Balaban J connectivity index is 2.44. The molecule has 1 N–H and O–H groups in total. The van der Waals surface area contributed by atoms with Crippen LogP contribution in [0, 0.1) is 0 Å². The zero-order valence-electron chi connectivity index (χ0n) is 11.0. The summed E-state index contributed by atoms with van der Waals surface area (Å²) in [6.45, 7) is 6.61. The van der Waals surface area contributed by atoms with Gasteiger partial charge in [-0.1, -0.05) is 20.8 Å². The van der Waals surface area contributed by atoms with E-state index in [1.807, 2.05) is 11.4 Å². The first-order valence-corrected chi connectivity index (χ1v) is 7.58. The van der Waals surface area contributed by atoms with E-state index in [1.54, 1.807) is 11.3 Å². The second kappa shape index (κ2) is 5.41. The third-order valence-electron chi connectivity index (χ3n) is 3.71. The fraction of sp³-hybridized carbons (Fsp3) is 0.538. The molecule has 0 aliphatic rings. The number of hydrogen-bond acceptors (Lipinski definition) is 4. The van der Waals surface area contributed by atoms with Crippen LogP contribution in [0.1, 0.15) is 40.0 Å². The maximum Gasteiger partial charge on any atom is 0.225 e. The van der Waals surface area contributed by atoms with Crippen molar-refractivity contribution in [1.82, 2.24) is 9.97 Å². The molecule has 0 amide bonds. The van der Waals surface area contributed by atoms with E-state index >= 15 is 0 Å². The number of rotatable bonds is 5. The van der Waals surface area contributed by atoms with E-state index in [2.05, 4.69) is 36.1 Å². The molecule has 2 heterocycles. The molecule has 0 bridgehead atoms. The SMILES string of the molecule is CCC(CC)(CC)Nc1nc(Cl)nc2sccc12. The summed E-state index contributed by atoms with van der Waals surface area (Å²) in [7, 11) is 0. The molecule has 0 aliphatic carbocycles. The van der Waals surface area contributed by atoms with Gasteiger partial charge in [0.05, 0.1) is 5.39 Å². The topological polar surface area (TPSA) is 37.8 Å². The van der Waals surface area contributed by atoms with Crippen LogP contribution in [0.2, 0.25) is 5.28 Å². The number of nitrogens with one attached hydrogen (secondary N) is 1. The van der Waals surface area contributed by atoms with Gasteiger partial charge in [0.1, 0.15) is 10.6 Å². The van der Waals surface area contributed by atoms with Crippen molar-refractivity contribution in [3.63, 3.8) is 0 Å². The Morgan fingerprint density at radius 2 is 1.89 bits per heavy atom. The van der Waals surface area contributed by atoms with Crippen LogP contribution in [-0.2, 0) is 0 Å². The molecule has 2 rings (SSSR count). The van der Waals surface area contributed by atoms with Gasteiger partial charge in [0.25, 0.3) is 0 Å². The highest BCUT2D eigenvalue weighted by Gasteiger charge is 2.25. The highest BCUT2D eigenvalue weighted by Crippen LogP contribution is 2.31. The second-order valence-corrected chi connectivity index (χ2v) is 5.68. The van der Waals surface area contributed by atoms with Gasteiger partial charge >= 0.3 is 0 Å². The summed E-state index contributed by atoms with van der Waals surface area (Å²) in [5, 5.41) is 6.97. The monoisotopic (exact) mass is 283 g/mol. The van der Waals surface area contributed by atoms with Gasteiger partial charge < -0.3 is 5.32 Å². The third kappa shape index (κ3) is 2.45. The molecule has 0 fully saturated rings. The van der Waals surface area contributed by atoms with E-state index in [0.717, 1.165) is 35.3 Å². The smallest absolute Gasteiger partial charge is 0.225 e. The van der Waals surface area contributed by atoms with Gasteiger partial charge in [-0.25, -0.2) is 9.97 Å². The largest absolute Gasteiger partial charge is 0.364 e. The highest BCUT2D eigenvalue weighted by molar-refractivity contribution is 7.16. The second-order valence-electron chi connectivity index (χ2n) is 4.45. The standard InChI is InChI=1S/C13H18ClN3S/c1-4-13(5-2,6-3)17-10-9-7-8-18-11(9)16-12(14)15-10/h7-8H,4-6H2,1-3H3,(H,15,16,17). The predicted molar refractivity (Wildman–Crippen MR) is 79.7 cm³/mol. The van der Waals surface area contributed by atoms with Crippen LogP contribution in [0.25, 0.3) is 10.2 Å². The molecule has 0 saturated carbocycles. The van der Waals surface area contributed by atoms with Gasteiger partial charge in [0.2, 0.25) is 5.28 Å². The molecule has 2 aromatic rings. The number of thiophene rings is 1. The van der Waals surface area contributed by atoms with E-state index in [1.165, 1.54) is 0 Å². The van der Waals surface area contributed by atoms with Crippen LogP contribution >= 0.6 is 22.9 Å². The molecule has 18 heavy (non-hydrogen) atoms. The van der Waals surface area contributed by atoms with Crippen molar-refractivity contribution in [1.29, 1.82) is 0 Å². The van der Waals surface area contributed by atoms with Gasteiger partial charge in [0.15, 0.2) is 0 Å². The molecule has 0 spiro atoms. The predicted octanol–water partition coefficient (Wildman–Crippen LogP) is 4.73. The van der Waals surface area contributed by atoms with Crippen molar-refractivity contribution in [3.8, 4) is 0 Å². The van der Waals surface area contributed by atoms with E-state index in [9.17, 15) is 0 Å². The van der Waals surface area contributed by atoms with E-state index in [0.29, 0.717) is 5.28 Å². The normalized spacial score (nSPS) is 12.0. The fourth-order valence-electron chi connectivity index (χ4n) is 2.19. The molecule has 0 aliphatic heterocycles. The average Bonchev–Trinajstić information content (AvgIpc) is 2.84. The summed E-state index contributed by atoms with van der Waals surface area (Å²) in [4.78, 5) is 9.53. The Morgan fingerprint density at radius 1 is 1.22 bits per heavy atom. The van der Waals surface area contributed by atoms with Crippen LogP contribution in [0.4, 0.5) is 5.82 Å². The summed E-state index contributed by atoms with van der Waals surface area (Å²) >= 11 is 7.57. The lowest BCUT2D eigenvalue weighted by Gasteiger charge is -2.32. The maximum absolute atomic E-state index is 5.98. The van der Waals surface area contributed by atoms with Crippen LogP contribution in [0.15, 0.2) is 11.4 Å². The highest BCUT2D eigenvalue weighted by atomic mass is 35.5. The molecule has 0 aromatic carbocycles. The lowest BCUT2D eigenvalue weighted by molar-refractivity contribution is 0.419. The van der Waals surface area contributed by atoms with Crippen molar-refractivity contribution < 1.29 is 0 Å². The minimum atomic E-state index is 0.0898. The molecule has 5 heteroatoms. The first kappa shape index (κ1) is 13.6. The summed E-state index contributed by atoms with van der Waals surface area (Å²) in [5.41, 5.74) is 0.0898. The Kier molecular flexibility index (Phi) is 4.07. The lowest BCUT2D eigenvalue weighted by Crippen LogP contribution is -2.36. The Morgan fingerprint density at radius 3 is 2.50 bits per heavy atom. The first-order valence-electron chi connectivity index (χ1n) is 6.33. The zero-order valence-corrected chi connectivity index (χ0v) is 12.5. The maximum atomic E-state index is 5.98. The van der Waals surface area contributed by atoms with E-state index in [-0.39, 0.29) is 5.54 Å². The minimum absolute atomic E-state index is 0.0898. The fourth-order valence-corrected chi connectivity index (χ4v) is 3.17. The van der Waals surface area contributed by atoms with E-state index < -0.39 is 0 Å². The molecule has 0 unspecified atom stereocenters. The van der Waals surface area contributed by atoms with Crippen molar-refractivity contribution in [2.24, 2.45) is 0 Å². The van der Waals surface area contributed by atoms with Gasteiger partial charge in [-0.05, 0) is 42.3 Å². The number of nitrogens with zero attached hydrogens (tertiary/aromatic N) is 2. The molecular weight excluding hydrogens is 266 g/mol. The molecule has 3 nitrogen and oxygen atoms in total. The number of fused-ring (bicyclic) bond motifs is 1. The molecule has 2 aromatic heterocycles. The van der Waals surface area contributed by atoms with Gasteiger partial charge in [-0.2, -0.15) is 0 Å². The van der Waals surface area contributed by atoms with Crippen molar-refractivity contribution in [3.05, 3.63) is 16.7 Å². The van der Waals surface area contributed by atoms with Crippen LogP contribution in [0.3, 0.4) is 0 Å². The van der Waals surface area contributed by atoms with Crippen LogP contribution in [-0.4, -0.2) is 15.5 Å². The average molecular weight is 284 g/mol. The van der Waals surface area contributed by atoms with Crippen molar-refractivity contribution >= 4 is 39.0 Å². The third-order valence-corrected chi connectivity index (χ3v) is 4.69. The number of halogens is 1. The Hall–Kier alpha value is -0.870. The Bertz CT molecular complexity index is 526. The first-order chi connectivity index (χ1) is 8.64. The van der Waals surface area contributed by atoms with Crippen molar-refractivity contribution in [2.45, 2.75) is 45.6 Å². The van der Waals surface area contributed by atoms with Crippen LogP contribution in [0.5, 0.6) is 0 Å². The molecule has 0 radical (unpaired) electrons.